The van der Waals surface area contributed by atoms with Gasteiger partial charge in [-0.25, -0.2) is 4.39 Å². The minimum absolute atomic E-state index is 0.111. The van der Waals surface area contributed by atoms with Crippen LogP contribution in [0.15, 0.2) is 24.3 Å². The van der Waals surface area contributed by atoms with Crippen molar-refractivity contribution in [1.29, 1.82) is 0 Å². The van der Waals surface area contributed by atoms with Gasteiger partial charge in [-0.05, 0) is 31.4 Å². The summed E-state index contributed by atoms with van der Waals surface area (Å²) in [7, 11) is 0. The number of hydrogen-bond donors (Lipinski definition) is 0. The third kappa shape index (κ3) is 4.21. The summed E-state index contributed by atoms with van der Waals surface area (Å²) >= 11 is 0. The first-order valence-corrected chi connectivity index (χ1v) is 8.08. The average molecular weight is 320 g/mol. The maximum atomic E-state index is 13.1. The van der Waals surface area contributed by atoms with Gasteiger partial charge in [0, 0.05) is 38.2 Å². The maximum Gasteiger partial charge on any atom is 0.260 e. The Morgan fingerprint density at radius 3 is 2.61 bits per heavy atom. The van der Waals surface area contributed by atoms with Crippen LogP contribution in [0.2, 0.25) is 0 Å². The number of benzene rings is 1. The molecule has 2 fully saturated rings. The van der Waals surface area contributed by atoms with Crippen LogP contribution in [0.25, 0.3) is 0 Å². The van der Waals surface area contributed by atoms with E-state index < -0.39 is 0 Å². The van der Waals surface area contributed by atoms with Gasteiger partial charge in [0.25, 0.3) is 5.91 Å². The molecule has 124 valence electrons. The van der Waals surface area contributed by atoms with Crippen LogP contribution in [0.3, 0.4) is 0 Å². The molecule has 2 aliphatic rings. The van der Waals surface area contributed by atoms with E-state index in [1.807, 2.05) is 4.90 Å². The van der Waals surface area contributed by atoms with Gasteiger partial charge in [0.2, 0.25) is 5.91 Å². The van der Waals surface area contributed by atoms with Gasteiger partial charge >= 0.3 is 0 Å². The second-order valence-electron chi connectivity index (χ2n) is 6.08. The molecule has 0 bridgehead atoms. The molecule has 0 aromatic heterocycles. The van der Waals surface area contributed by atoms with Gasteiger partial charge < -0.3 is 14.5 Å². The maximum absolute atomic E-state index is 13.1. The fourth-order valence-corrected chi connectivity index (χ4v) is 2.77. The molecule has 0 unspecified atom stereocenters. The Labute approximate surface area is 135 Å². The standard InChI is InChI=1S/C17H21FN2O3/c18-14-3-1-4-15(11-14)23-12-16(21)19-7-2-8-20(10-9-19)17(22)13-5-6-13/h1,3-4,11,13H,2,5-10,12H2. The number of amides is 2. The average Bonchev–Trinajstić information content (AvgIpc) is 3.38. The Kier molecular flexibility index (Phi) is 4.79. The van der Waals surface area contributed by atoms with Crippen LogP contribution in [-0.2, 0) is 9.59 Å². The predicted octanol–water partition coefficient (Wildman–Crippen LogP) is 1.68. The molecular weight excluding hydrogens is 299 g/mol. The number of hydrogen-bond acceptors (Lipinski definition) is 3. The lowest BCUT2D eigenvalue weighted by atomic mass is 10.3. The largest absolute Gasteiger partial charge is 0.484 e. The molecule has 1 saturated heterocycles. The van der Waals surface area contributed by atoms with Gasteiger partial charge in [-0.1, -0.05) is 6.07 Å². The number of halogens is 1. The van der Waals surface area contributed by atoms with Crippen molar-refractivity contribution in [3.05, 3.63) is 30.1 Å². The van der Waals surface area contributed by atoms with Gasteiger partial charge in [0.05, 0.1) is 0 Å². The van der Waals surface area contributed by atoms with Crippen LogP contribution < -0.4 is 4.74 Å². The molecule has 5 nitrogen and oxygen atoms in total. The van der Waals surface area contributed by atoms with Crippen molar-refractivity contribution < 1.29 is 18.7 Å². The van der Waals surface area contributed by atoms with Crippen LogP contribution in [-0.4, -0.2) is 54.4 Å². The Morgan fingerprint density at radius 1 is 1.13 bits per heavy atom. The van der Waals surface area contributed by atoms with Gasteiger partial charge in [0.1, 0.15) is 11.6 Å². The lowest BCUT2D eigenvalue weighted by Crippen LogP contribution is -2.39. The van der Waals surface area contributed by atoms with Crippen LogP contribution in [0.1, 0.15) is 19.3 Å². The summed E-state index contributed by atoms with van der Waals surface area (Å²) in [6.07, 6.45) is 2.78. The zero-order chi connectivity index (χ0) is 16.2. The molecule has 2 amide bonds. The fraction of sp³-hybridized carbons (Fsp3) is 0.529. The lowest BCUT2D eigenvalue weighted by Gasteiger charge is -2.22. The zero-order valence-corrected chi connectivity index (χ0v) is 13.0. The number of carbonyl (C=O) groups excluding carboxylic acids is 2. The van der Waals surface area contributed by atoms with Crippen molar-refractivity contribution in [2.75, 3.05) is 32.8 Å². The lowest BCUT2D eigenvalue weighted by molar-refractivity contribution is -0.135. The molecule has 1 aliphatic carbocycles. The first kappa shape index (κ1) is 15.8. The van der Waals surface area contributed by atoms with Crippen LogP contribution in [0.5, 0.6) is 5.75 Å². The molecule has 0 N–H and O–H groups in total. The van der Waals surface area contributed by atoms with Crippen LogP contribution in [0.4, 0.5) is 4.39 Å². The Bertz CT molecular complexity index is 589. The van der Waals surface area contributed by atoms with Gasteiger partial charge in [0.15, 0.2) is 6.61 Å². The normalized spacial score (nSPS) is 18.5. The van der Waals surface area contributed by atoms with E-state index in [9.17, 15) is 14.0 Å². The van der Waals surface area contributed by atoms with Crippen LogP contribution in [0, 0.1) is 11.7 Å². The molecule has 0 radical (unpaired) electrons. The van der Waals surface area contributed by atoms with Crippen molar-refractivity contribution >= 4 is 11.8 Å². The Balaban J connectivity index is 1.48. The smallest absolute Gasteiger partial charge is 0.260 e. The van der Waals surface area contributed by atoms with Gasteiger partial charge in [-0.2, -0.15) is 0 Å². The SMILES string of the molecule is O=C(COc1cccc(F)c1)N1CCCN(C(=O)C2CC2)CC1. The number of rotatable bonds is 4. The number of carbonyl (C=O) groups is 2. The molecule has 1 heterocycles. The number of ether oxygens (including phenoxy) is 1. The summed E-state index contributed by atoms with van der Waals surface area (Å²) in [5, 5.41) is 0. The van der Waals surface area contributed by atoms with Crippen LogP contribution >= 0.6 is 0 Å². The van der Waals surface area contributed by atoms with E-state index in [1.54, 1.807) is 17.0 Å². The van der Waals surface area contributed by atoms with E-state index >= 15 is 0 Å². The van der Waals surface area contributed by atoms with E-state index in [-0.39, 0.29) is 30.2 Å². The van der Waals surface area contributed by atoms with Gasteiger partial charge in [-0.3, -0.25) is 9.59 Å². The molecule has 1 aliphatic heterocycles. The highest BCUT2D eigenvalue weighted by molar-refractivity contribution is 5.81. The summed E-state index contributed by atoms with van der Waals surface area (Å²) < 4.78 is 18.4. The second-order valence-corrected chi connectivity index (χ2v) is 6.08. The highest BCUT2D eigenvalue weighted by Gasteiger charge is 2.34. The molecule has 0 atom stereocenters. The molecule has 1 saturated carbocycles. The topological polar surface area (TPSA) is 49.9 Å². The minimum Gasteiger partial charge on any atom is -0.484 e. The first-order chi connectivity index (χ1) is 11.1. The molecule has 0 spiro atoms. The quantitative estimate of drug-likeness (QED) is 0.848. The monoisotopic (exact) mass is 320 g/mol. The highest BCUT2D eigenvalue weighted by Crippen LogP contribution is 2.31. The molecular formula is C17H21FN2O3. The summed E-state index contributed by atoms with van der Waals surface area (Å²) in [4.78, 5) is 27.9. The summed E-state index contributed by atoms with van der Waals surface area (Å²) in [5.41, 5.74) is 0. The summed E-state index contributed by atoms with van der Waals surface area (Å²) in [5.74, 6) is 0.275. The Hall–Kier alpha value is -2.11. The van der Waals surface area contributed by atoms with Crippen molar-refractivity contribution in [1.82, 2.24) is 9.80 Å². The molecule has 6 heteroatoms. The van der Waals surface area contributed by atoms with E-state index in [0.717, 1.165) is 19.3 Å². The van der Waals surface area contributed by atoms with E-state index in [2.05, 4.69) is 0 Å². The zero-order valence-electron chi connectivity index (χ0n) is 13.0. The van der Waals surface area contributed by atoms with E-state index in [0.29, 0.717) is 31.9 Å². The highest BCUT2D eigenvalue weighted by atomic mass is 19.1. The second kappa shape index (κ2) is 6.98. The molecule has 1 aromatic rings. The van der Waals surface area contributed by atoms with Crippen molar-refractivity contribution in [3.8, 4) is 5.75 Å². The molecule has 1 aromatic carbocycles. The molecule has 3 rings (SSSR count). The predicted molar refractivity (Wildman–Crippen MR) is 82.4 cm³/mol. The third-order valence-corrected chi connectivity index (χ3v) is 4.25. The van der Waals surface area contributed by atoms with E-state index in [1.165, 1.54) is 12.1 Å². The van der Waals surface area contributed by atoms with E-state index in [4.69, 9.17) is 4.74 Å². The fourth-order valence-electron chi connectivity index (χ4n) is 2.77. The minimum atomic E-state index is -0.390. The van der Waals surface area contributed by atoms with Crippen molar-refractivity contribution in [3.63, 3.8) is 0 Å². The van der Waals surface area contributed by atoms with Crippen molar-refractivity contribution in [2.24, 2.45) is 5.92 Å². The first-order valence-electron chi connectivity index (χ1n) is 8.08. The third-order valence-electron chi connectivity index (χ3n) is 4.25. The number of nitrogens with zero attached hydrogens (tertiary/aromatic N) is 2. The van der Waals surface area contributed by atoms with Crippen molar-refractivity contribution in [2.45, 2.75) is 19.3 Å². The van der Waals surface area contributed by atoms with Gasteiger partial charge in [-0.15, -0.1) is 0 Å². The molecule has 23 heavy (non-hydrogen) atoms. The summed E-state index contributed by atoms with van der Waals surface area (Å²) in [6.45, 7) is 2.34. The Morgan fingerprint density at radius 2 is 1.87 bits per heavy atom. The summed E-state index contributed by atoms with van der Waals surface area (Å²) in [6, 6.07) is 5.75.